The molecule has 118 valence electrons. The summed E-state index contributed by atoms with van der Waals surface area (Å²) in [6.45, 7) is 0.861. The Morgan fingerprint density at radius 3 is 2.73 bits per heavy atom. The zero-order valence-electron chi connectivity index (χ0n) is 13.1. The number of hydrogen-bond acceptors (Lipinski definition) is 3. The summed E-state index contributed by atoms with van der Waals surface area (Å²) in [5.41, 5.74) is 2.53. The second kappa shape index (κ2) is 5.62. The van der Waals surface area contributed by atoms with Crippen molar-refractivity contribution in [2.45, 2.75) is 57.3 Å². The molecule has 1 saturated heterocycles. The van der Waals surface area contributed by atoms with Crippen molar-refractivity contribution < 1.29 is 9.84 Å². The van der Waals surface area contributed by atoms with Gasteiger partial charge in [0, 0.05) is 24.6 Å². The number of benzene rings is 1. The van der Waals surface area contributed by atoms with Crippen molar-refractivity contribution in [2.24, 2.45) is 5.92 Å². The van der Waals surface area contributed by atoms with E-state index >= 15 is 0 Å². The standard InChI is InChI=1S/C19H25NO2/c21-19-16(14-15-8-4-5-12-18(15)22-19)9-6-7-13-20(19)17-10-2-1-3-11-17/h1-3,10-11,16,21H,4-9,12-14H2/t16-,19-/m1/s1. The van der Waals surface area contributed by atoms with Crippen LogP contribution in [-0.2, 0) is 4.74 Å². The molecule has 0 radical (unpaired) electrons. The molecule has 3 heteroatoms. The van der Waals surface area contributed by atoms with Gasteiger partial charge in [0.15, 0.2) is 0 Å². The number of hydrogen-bond donors (Lipinski definition) is 1. The third-order valence-electron chi connectivity index (χ3n) is 5.46. The van der Waals surface area contributed by atoms with Gasteiger partial charge in [0.25, 0.3) is 5.91 Å². The van der Waals surface area contributed by atoms with Crippen LogP contribution in [0.5, 0.6) is 0 Å². The normalized spacial score (nSPS) is 31.9. The van der Waals surface area contributed by atoms with Crippen molar-refractivity contribution in [1.82, 2.24) is 0 Å². The van der Waals surface area contributed by atoms with Gasteiger partial charge in [0.05, 0.1) is 0 Å². The summed E-state index contributed by atoms with van der Waals surface area (Å²) >= 11 is 0. The molecule has 1 aliphatic carbocycles. The first-order valence-corrected chi connectivity index (χ1v) is 8.72. The number of nitrogens with zero attached hydrogens (tertiary/aromatic N) is 1. The lowest BCUT2D eigenvalue weighted by molar-refractivity contribution is -0.224. The van der Waals surface area contributed by atoms with Crippen LogP contribution in [0.15, 0.2) is 41.7 Å². The summed E-state index contributed by atoms with van der Waals surface area (Å²) in [7, 11) is 0. The zero-order chi connectivity index (χ0) is 15.0. The van der Waals surface area contributed by atoms with E-state index in [0.29, 0.717) is 0 Å². The molecular weight excluding hydrogens is 274 g/mol. The minimum absolute atomic E-state index is 0.187. The largest absolute Gasteiger partial charge is 0.449 e. The highest BCUT2D eigenvalue weighted by Crippen LogP contribution is 2.47. The molecule has 1 aromatic rings. The highest BCUT2D eigenvalue weighted by Gasteiger charge is 2.50. The molecule has 4 rings (SSSR count). The van der Waals surface area contributed by atoms with Crippen LogP contribution in [-0.4, -0.2) is 17.6 Å². The van der Waals surface area contributed by atoms with Crippen LogP contribution < -0.4 is 4.90 Å². The number of anilines is 1. The van der Waals surface area contributed by atoms with Crippen molar-refractivity contribution >= 4 is 5.69 Å². The van der Waals surface area contributed by atoms with Crippen LogP contribution in [0.4, 0.5) is 5.69 Å². The average molecular weight is 299 g/mol. The van der Waals surface area contributed by atoms with Crippen molar-refractivity contribution in [3.63, 3.8) is 0 Å². The smallest absolute Gasteiger partial charge is 0.295 e. The molecule has 1 aromatic carbocycles. The van der Waals surface area contributed by atoms with Gasteiger partial charge in [-0.1, -0.05) is 24.6 Å². The van der Waals surface area contributed by atoms with Crippen LogP contribution in [0, 0.1) is 5.92 Å². The lowest BCUT2D eigenvalue weighted by Crippen LogP contribution is -2.57. The van der Waals surface area contributed by atoms with Crippen LogP contribution >= 0.6 is 0 Å². The van der Waals surface area contributed by atoms with E-state index in [0.717, 1.165) is 50.1 Å². The fraction of sp³-hybridized carbons (Fsp3) is 0.579. The Labute approximate surface area is 132 Å². The van der Waals surface area contributed by atoms with E-state index in [1.165, 1.54) is 24.8 Å². The topological polar surface area (TPSA) is 32.7 Å². The molecule has 1 fully saturated rings. The van der Waals surface area contributed by atoms with E-state index in [4.69, 9.17) is 4.74 Å². The number of para-hydroxylation sites is 1. The summed E-state index contributed by atoms with van der Waals surface area (Å²) < 4.78 is 6.29. The Hall–Kier alpha value is -1.48. The number of aliphatic hydroxyl groups is 1. The Balaban J connectivity index is 1.72. The van der Waals surface area contributed by atoms with Crippen LogP contribution in [0.2, 0.25) is 0 Å². The first-order chi connectivity index (χ1) is 10.8. The van der Waals surface area contributed by atoms with E-state index in [9.17, 15) is 5.11 Å². The molecule has 2 aliphatic heterocycles. The lowest BCUT2D eigenvalue weighted by atomic mass is 9.83. The van der Waals surface area contributed by atoms with E-state index in [2.05, 4.69) is 17.0 Å². The van der Waals surface area contributed by atoms with Crippen LogP contribution in [0.3, 0.4) is 0 Å². The van der Waals surface area contributed by atoms with Gasteiger partial charge in [0.2, 0.25) is 0 Å². The second-order valence-electron chi connectivity index (χ2n) is 6.88. The molecule has 0 spiro atoms. The van der Waals surface area contributed by atoms with Gasteiger partial charge in [-0.05, 0) is 56.2 Å². The fourth-order valence-electron chi connectivity index (χ4n) is 4.28. The highest BCUT2D eigenvalue weighted by atomic mass is 16.7. The highest BCUT2D eigenvalue weighted by molar-refractivity contribution is 5.48. The van der Waals surface area contributed by atoms with E-state index in [-0.39, 0.29) is 5.92 Å². The maximum Gasteiger partial charge on any atom is 0.295 e. The molecule has 3 nitrogen and oxygen atoms in total. The summed E-state index contributed by atoms with van der Waals surface area (Å²) in [4.78, 5) is 2.10. The van der Waals surface area contributed by atoms with Gasteiger partial charge < -0.3 is 14.7 Å². The Kier molecular flexibility index (Phi) is 3.61. The molecule has 0 aromatic heterocycles. The maximum atomic E-state index is 11.5. The van der Waals surface area contributed by atoms with Crippen molar-refractivity contribution in [3.05, 3.63) is 41.7 Å². The minimum Gasteiger partial charge on any atom is -0.449 e. The van der Waals surface area contributed by atoms with Crippen molar-refractivity contribution in [2.75, 3.05) is 11.4 Å². The number of fused-ring (bicyclic) bond motifs is 1. The quantitative estimate of drug-likeness (QED) is 0.844. The monoisotopic (exact) mass is 299 g/mol. The summed E-state index contributed by atoms with van der Waals surface area (Å²) in [6, 6.07) is 10.2. The molecule has 3 aliphatic rings. The summed E-state index contributed by atoms with van der Waals surface area (Å²) in [6.07, 6.45) is 8.96. The number of ether oxygens (including phenoxy) is 1. The van der Waals surface area contributed by atoms with Crippen molar-refractivity contribution in [1.29, 1.82) is 0 Å². The predicted octanol–water partition coefficient (Wildman–Crippen LogP) is 4.19. The molecule has 0 bridgehead atoms. The Bertz CT molecular complexity index is 568. The minimum atomic E-state index is -1.16. The van der Waals surface area contributed by atoms with E-state index in [1.54, 1.807) is 0 Å². The van der Waals surface area contributed by atoms with Gasteiger partial charge in [-0.3, -0.25) is 0 Å². The van der Waals surface area contributed by atoms with Crippen LogP contribution in [0.1, 0.15) is 51.4 Å². The van der Waals surface area contributed by atoms with Gasteiger partial charge >= 0.3 is 0 Å². The van der Waals surface area contributed by atoms with Gasteiger partial charge in [-0.15, -0.1) is 0 Å². The molecule has 2 atom stereocenters. The lowest BCUT2D eigenvalue weighted by Gasteiger charge is -2.48. The SMILES string of the molecule is O[C@@]12OC3=C(CCCC3)C[C@H]1CCCCN2c1ccccc1. The number of rotatable bonds is 1. The molecule has 22 heavy (non-hydrogen) atoms. The van der Waals surface area contributed by atoms with Gasteiger partial charge in [-0.25, -0.2) is 0 Å². The van der Waals surface area contributed by atoms with Crippen molar-refractivity contribution in [3.8, 4) is 0 Å². The second-order valence-corrected chi connectivity index (χ2v) is 6.88. The Morgan fingerprint density at radius 2 is 1.86 bits per heavy atom. The van der Waals surface area contributed by atoms with Gasteiger partial charge in [0.1, 0.15) is 5.76 Å². The third-order valence-corrected chi connectivity index (χ3v) is 5.46. The van der Waals surface area contributed by atoms with E-state index < -0.39 is 5.91 Å². The molecule has 0 saturated carbocycles. The average Bonchev–Trinajstić information content (AvgIpc) is 2.71. The predicted molar refractivity (Wildman–Crippen MR) is 87.3 cm³/mol. The fourth-order valence-corrected chi connectivity index (χ4v) is 4.28. The first-order valence-electron chi connectivity index (χ1n) is 8.72. The van der Waals surface area contributed by atoms with Gasteiger partial charge in [-0.2, -0.15) is 0 Å². The molecule has 1 N–H and O–H groups in total. The summed E-state index contributed by atoms with van der Waals surface area (Å²) in [5, 5.41) is 11.5. The maximum absolute atomic E-state index is 11.5. The first kappa shape index (κ1) is 14.1. The summed E-state index contributed by atoms with van der Waals surface area (Å²) in [5.74, 6) is 0.105. The molecule has 2 heterocycles. The number of allylic oxidation sites excluding steroid dienone is 2. The molecule has 0 amide bonds. The molecule has 0 unspecified atom stereocenters. The zero-order valence-corrected chi connectivity index (χ0v) is 13.1. The van der Waals surface area contributed by atoms with Crippen LogP contribution in [0.25, 0.3) is 0 Å². The van der Waals surface area contributed by atoms with E-state index in [1.807, 2.05) is 18.2 Å². The Morgan fingerprint density at radius 1 is 1.05 bits per heavy atom. The molecular formula is C19H25NO2. The third kappa shape index (κ3) is 2.32.